The smallest absolute Gasteiger partial charge is 0.407 e. The van der Waals surface area contributed by atoms with Crippen LogP contribution in [0.2, 0.25) is 0 Å². The number of alkyl carbamates (subject to hydrolysis) is 1. The SMILES string of the molecule is CN=C(NCc1ccc(Br)c(F)c1)N1CCC(NC(=O)OC(C)(C)C)C1.I. The van der Waals surface area contributed by atoms with Gasteiger partial charge in [-0.3, -0.25) is 4.99 Å². The number of likely N-dealkylation sites (tertiary alicyclic amines) is 1. The quantitative estimate of drug-likeness (QED) is 0.337. The molecule has 1 saturated heterocycles. The largest absolute Gasteiger partial charge is 0.444 e. The van der Waals surface area contributed by atoms with Crippen molar-refractivity contribution in [2.75, 3.05) is 20.1 Å². The average Bonchev–Trinajstić information content (AvgIpc) is 2.97. The highest BCUT2D eigenvalue weighted by molar-refractivity contribution is 14.0. The van der Waals surface area contributed by atoms with Crippen LogP contribution in [0.5, 0.6) is 0 Å². The molecule has 1 aliphatic rings. The fraction of sp³-hybridized carbons (Fsp3) is 0.556. The van der Waals surface area contributed by atoms with Crippen LogP contribution in [-0.2, 0) is 11.3 Å². The van der Waals surface area contributed by atoms with Crippen LogP contribution in [0.4, 0.5) is 9.18 Å². The van der Waals surface area contributed by atoms with E-state index in [1.165, 1.54) is 6.07 Å². The van der Waals surface area contributed by atoms with Crippen LogP contribution in [0.15, 0.2) is 27.7 Å². The van der Waals surface area contributed by atoms with Crippen molar-refractivity contribution in [2.24, 2.45) is 4.99 Å². The lowest BCUT2D eigenvalue weighted by Gasteiger charge is -2.23. The summed E-state index contributed by atoms with van der Waals surface area (Å²) in [6, 6.07) is 5.03. The molecule has 9 heteroatoms. The van der Waals surface area contributed by atoms with Gasteiger partial charge in [-0.15, -0.1) is 24.0 Å². The van der Waals surface area contributed by atoms with Gasteiger partial charge in [0.05, 0.1) is 10.5 Å². The van der Waals surface area contributed by atoms with E-state index in [9.17, 15) is 9.18 Å². The summed E-state index contributed by atoms with van der Waals surface area (Å²) >= 11 is 3.15. The van der Waals surface area contributed by atoms with Crippen LogP contribution < -0.4 is 10.6 Å². The van der Waals surface area contributed by atoms with Gasteiger partial charge in [-0.1, -0.05) is 6.07 Å². The summed E-state index contributed by atoms with van der Waals surface area (Å²) in [5.41, 5.74) is 0.314. The number of carbonyl (C=O) groups excluding carboxylic acids is 1. The number of guanidine groups is 1. The van der Waals surface area contributed by atoms with E-state index in [4.69, 9.17) is 4.74 Å². The molecule has 6 nitrogen and oxygen atoms in total. The number of nitrogens with zero attached hydrogens (tertiary/aromatic N) is 2. The Labute approximate surface area is 185 Å². The van der Waals surface area contributed by atoms with E-state index in [2.05, 4.69) is 36.5 Å². The molecular formula is C18H27BrFIN4O2. The first-order valence-electron chi connectivity index (χ1n) is 8.57. The van der Waals surface area contributed by atoms with Crippen molar-refractivity contribution in [2.45, 2.75) is 45.4 Å². The lowest BCUT2D eigenvalue weighted by molar-refractivity contribution is 0.0507. The van der Waals surface area contributed by atoms with E-state index in [0.717, 1.165) is 24.5 Å². The molecule has 1 aromatic carbocycles. The van der Waals surface area contributed by atoms with Crippen molar-refractivity contribution in [1.29, 1.82) is 0 Å². The lowest BCUT2D eigenvalue weighted by Crippen LogP contribution is -2.44. The Morgan fingerprint density at radius 1 is 1.44 bits per heavy atom. The zero-order valence-electron chi connectivity index (χ0n) is 16.0. The number of amides is 1. The number of ether oxygens (including phenoxy) is 1. The Hall–Kier alpha value is -1.10. The maximum absolute atomic E-state index is 13.6. The third kappa shape index (κ3) is 7.81. The average molecular weight is 557 g/mol. The minimum atomic E-state index is -0.514. The van der Waals surface area contributed by atoms with Crippen molar-refractivity contribution >= 4 is 52.0 Å². The van der Waals surface area contributed by atoms with Crippen LogP contribution in [0.1, 0.15) is 32.8 Å². The maximum atomic E-state index is 13.6. The van der Waals surface area contributed by atoms with Gasteiger partial charge in [-0.2, -0.15) is 0 Å². The molecule has 0 spiro atoms. The van der Waals surface area contributed by atoms with Crippen molar-refractivity contribution < 1.29 is 13.9 Å². The normalized spacial score (nSPS) is 17.3. The Kier molecular flexibility index (Phi) is 9.26. The van der Waals surface area contributed by atoms with Gasteiger partial charge >= 0.3 is 6.09 Å². The second-order valence-corrected chi connectivity index (χ2v) is 8.08. The highest BCUT2D eigenvalue weighted by atomic mass is 127. The molecule has 2 rings (SSSR count). The summed E-state index contributed by atoms with van der Waals surface area (Å²) in [5, 5.41) is 6.13. The second kappa shape index (κ2) is 10.4. The van der Waals surface area contributed by atoms with Crippen molar-refractivity contribution in [1.82, 2.24) is 15.5 Å². The number of hydrogen-bond acceptors (Lipinski definition) is 3. The van der Waals surface area contributed by atoms with Gasteiger partial charge in [0.15, 0.2) is 5.96 Å². The Morgan fingerprint density at radius 2 is 2.15 bits per heavy atom. The fourth-order valence-electron chi connectivity index (χ4n) is 2.71. The molecule has 0 aromatic heterocycles. The highest BCUT2D eigenvalue weighted by Crippen LogP contribution is 2.17. The zero-order chi connectivity index (χ0) is 19.3. The molecule has 1 aliphatic heterocycles. The number of hydrogen-bond donors (Lipinski definition) is 2. The van der Waals surface area contributed by atoms with Gasteiger partial charge in [0.2, 0.25) is 0 Å². The molecule has 1 fully saturated rings. The molecule has 1 atom stereocenters. The Morgan fingerprint density at radius 3 is 2.74 bits per heavy atom. The molecule has 27 heavy (non-hydrogen) atoms. The molecular weight excluding hydrogens is 530 g/mol. The first kappa shape index (κ1) is 23.9. The van der Waals surface area contributed by atoms with Crippen LogP contribution in [0.25, 0.3) is 0 Å². The minimum Gasteiger partial charge on any atom is -0.444 e. The summed E-state index contributed by atoms with van der Waals surface area (Å²) in [6.07, 6.45) is 0.407. The second-order valence-electron chi connectivity index (χ2n) is 7.23. The van der Waals surface area contributed by atoms with Crippen molar-refractivity contribution in [3.05, 3.63) is 34.1 Å². The number of halogens is 3. The summed E-state index contributed by atoms with van der Waals surface area (Å²) < 4.78 is 19.3. The van der Waals surface area contributed by atoms with Gasteiger partial charge in [-0.05, 0) is 60.8 Å². The molecule has 0 aliphatic carbocycles. The molecule has 0 bridgehead atoms. The van der Waals surface area contributed by atoms with Crippen LogP contribution in [0.3, 0.4) is 0 Å². The standard InChI is InChI=1S/C18H26BrFN4O2.HI/c1-18(2,3)26-17(25)23-13-7-8-24(11-13)16(21-4)22-10-12-5-6-14(19)15(20)9-12;/h5-6,9,13H,7-8,10-11H2,1-4H3,(H,21,22)(H,23,25);1H. The monoisotopic (exact) mass is 556 g/mol. The third-order valence-electron chi connectivity index (χ3n) is 3.86. The van der Waals surface area contributed by atoms with Gasteiger partial charge in [0, 0.05) is 26.7 Å². The molecule has 152 valence electrons. The summed E-state index contributed by atoms with van der Waals surface area (Å²) in [4.78, 5) is 18.2. The zero-order valence-corrected chi connectivity index (χ0v) is 19.9. The van der Waals surface area contributed by atoms with Crippen molar-refractivity contribution in [3.63, 3.8) is 0 Å². The number of carbonyl (C=O) groups is 1. The number of rotatable bonds is 3. The molecule has 1 aromatic rings. The van der Waals surface area contributed by atoms with E-state index >= 15 is 0 Å². The maximum Gasteiger partial charge on any atom is 0.407 e. The number of nitrogens with one attached hydrogen (secondary N) is 2. The Bertz CT molecular complexity index is 682. The topological polar surface area (TPSA) is 66.0 Å². The molecule has 1 amide bonds. The lowest BCUT2D eigenvalue weighted by atomic mass is 10.2. The molecule has 0 radical (unpaired) electrons. The van der Waals surface area contributed by atoms with Crippen LogP contribution >= 0.6 is 39.9 Å². The first-order chi connectivity index (χ1) is 12.2. The summed E-state index contributed by atoms with van der Waals surface area (Å²) in [6.45, 7) is 7.40. The number of benzene rings is 1. The van der Waals surface area contributed by atoms with E-state index in [1.54, 1.807) is 13.1 Å². The van der Waals surface area contributed by atoms with Gasteiger partial charge < -0.3 is 20.3 Å². The van der Waals surface area contributed by atoms with Gasteiger partial charge in [0.1, 0.15) is 11.4 Å². The van der Waals surface area contributed by atoms with Gasteiger partial charge in [0.25, 0.3) is 0 Å². The van der Waals surface area contributed by atoms with Crippen LogP contribution in [-0.4, -0.2) is 48.7 Å². The van der Waals surface area contributed by atoms with E-state index < -0.39 is 11.7 Å². The molecule has 1 heterocycles. The van der Waals surface area contributed by atoms with Crippen LogP contribution in [0, 0.1) is 5.82 Å². The first-order valence-corrected chi connectivity index (χ1v) is 9.36. The molecule has 2 N–H and O–H groups in total. The predicted octanol–water partition coefficient (Wildman–Crippen LogP) is 3.88. The molecule has 0 saturated carbocycles. The summed E-state index contributed by atoms with van der Waals surface area (Å²) in [7, 11) is 1.71. The predicted molar refractivity (Wildman–Crippen MR) is 119 cm³/mol. The molecule has 1 unspecified atom stereocenters. The van der Waals surface area contributed by atoms with E-state index in [-0.39, 0.29) is 35.8 Å². The highest BCUT2D eigenvalue weighted by Gasteiger charge is 2.27. The van der Waals surface area contributed by atoms with E-state index in [1.807, 2.05) is 26.8 Å². The Balaban J connectivity index is 0.00000364. The van der Waals surface area contributed by atoms with Crippen molar-refractivity contribution in [3.8, 4) is 0 Å². The van der Waals surface area contributed by atoms with E-state index in [0.29, 0.717) is 17.6 Å². The summed E-state index contributed by atoms with van der Waals surface area (Å²) in [5.74, 6) is 0.434. The fourth-order valence-corrected chi connectivity index (χ4v) is 2.95. The third-order valence-corrected chi connectivity index (χ3v) is 4.50. The minimum absolute atomic E-state index is 0. The number of aliphatic imine (C=N–C) groups is 1. The van der Waals surface area contributed by atoms with Gasteiger partial charge in [-0.25, -0.2) is 9.18 Å².